The van der Waals surface area contributed by atoms with E-state index >= 15 is 0 Å². The number of non-ortho nitro benzene ring substituents is 1. The van der Waals surface area contributed by atoms with Crippen molar-refractivity contribution >= 4 is 35.1 Å². The second-order valence-corrected chi connectivity index (χ2v) is 9.50. The second-order valence-electron chi connectivity index (χ2n) is 9.09. The first-order chi connectivity index (χ1) is 16.9. The molecular weight excluding hydrogens is 490 g/mol. The fourth-order valence-electron chi connectivity index (χ4n) is 3.97. The van der Waals surface area contributed by atoms with Crippen molar-refractivity contribution in [2.24, 2.45) is 5.92 Å². The molecule has 12 heteroatoms. The number of hydrogen-bond acceptors (Lipinski definition) is 8. The Hall–Kier alpha value is -3.60. The van der Waals surface area contributed by atoms with Crippen molar-refractivity contribution in [3.63, 3.8) is 0 Å². The predicted molar refractivity (Wildman–Crippen MR) is 131 cm³/mol. The number of piperazine rings is 1. The summed E-state index contributed by atoms with van der Waals surface area (Å²) >= 11 is 6.14. The molecule has 1 aliphatic heterocycles. The monoisotopic (exact) mass is 517 g/mol. The quantitative estimate of drug-likeness (QED) is 0.323. The minimum Gasteiger partial charge on any atom is -0.462 e. The molecule has 0 saturated carbocycles. The van der Waals surface area contributed by atoms with Crippen molar-refractivity contribution < 1.29 is 24.0 Å². The SMILES string of the molecule is Cc1nc(C)c(C(=O)OCC(C)C)c(C(=O)N2CCN(C(=O)c3ccc([N+](=O)[O-])cc3Cl)C(C)C2)n1. The number of ether oxygens (including phenoxy) is 1. The van der Waals surface area contributed by atoms with Gasteiger partial charge in [0, 0.05) is 37.8 Å². The number of amides is 2. The van der Waals surface area contributed by atoms with Gasteiger partial charge in [0.2, 0.25) is 0 Å². The Balaban J connectivity index is 1.80. The smallest absolute Gasteiger partial charge is 0.342 e. The number of aromatic nitrogens is 2. The highest BCUT2D eigenvalue weighted by Crippen LogP contribution is 2.26. The van der Waals surface area contributed by atoms with Gasteiger partial charge in [-0.2, -0.15) is 0 Å². The number of nitro groups is 1. The van der Waals surface area contributed by atoms with E-state index in [1.807, 2.05) is 13.8 Å². The van der Waals surface area contributed by atoms with Gasteiger partial charge in [0.1, 0.15) is 17.1 Å². The van der Waals surface area contributed by atoms with Crippen LogP contribution in [0.2, 0.25) is 5.02 Å². The van der Waals surface area contributed by atoms with Gasteiger partial charge in [-0.15, -0.1) is 0 Å². The first-order valence-corrected chi connectivity index (χ1v) is 11.8. The van der Waals surface area contributed by atoms with E-state index in [4.69, 9.17) is 16.3 Å². The Morgan fingerprint density at radius 3 is 2.47 bits per heavy atom. The Morgan fingerprint density at radius 1 is 1.19 bits per heavy atom. The molecule has 3 rings (SSSR count). The van der Waals surface area contributed by atoms with Crippen LogP contribution in [0.1, 0.15) is 63.5 Å². The summed E-state index contributed by atoms with van der Waals surface area (Å²) in [6.45, 7) is 9.65. The van der Waals surface area contributed by atoms with Crippen LogP contribution in [0.5, 0.6) is 0 Å². The number of benzene rings is 1. The second kappa shape index (κ2) is 11.0. The highest BCUT2D eigenvalue weighted by Gasteiger charge is 2.34. The van der Waals surface area contributed by atoms with Gasteiger partial charge in [-0.05, 0) is 32.8 Å². The third-order valence-corrected chi connectivity index (χ3v) is 6.04. The summed E-state index contributed by atoms with van der Waals surface area (Å²) in [5.74, 6) is -1.02. The molecule has 0 N–H and O–H groups in total. The van der Waals surface area contributed by atoms with Crippen LogP contribution in [0.25, 0.3) is 0 Å². The molecule has 1 aliphatic rings. The van der Waals surface area contributed by atoms with Crippen LogP contribution >= 0.6 is 11.6 Å². The van der Waals surface area contributed by atoms with E-state index in [-0.39, 0.29) is 71.6 Å². The average Bonchev–Trinajstić information content (AvgIpc) is 2.80. The lowest BCUT2D eigenvalue weighted by Gasteiger charge is -2.40. The van der Waals surface area contributed by atoms with Gasteiger partial charge in [-0.1, -0.05) is 25.4 Å². The molecule has 1 atom stereocenters. The minimum atomic E-state index is -0.653. The highest BCUT2D eigenvalue weighted by atomic mass is 35.5. The zero-order chi connectivity index (χ0) is 26.7. The normalized spacial score (nSPS) is 15.7. The lowest BCUT2D eigenvalue weighted by Crippen LogP contribution is -2.55. The van der Waals surface area contributed by atoms with E-state index in [2.05, 4.69) is 9.97 Å². The zero-order valence-corrected chi connectivity index (χ0v) is 21.5. The third kappa shape index (κ3) is 5.78. The van der Waals surface area contributed by atoms with Crippen LogP contribution < -0.4 is 0 Å². The van der Waals surface area contributed by atoms with E-state index in [9.17, 15) is 24.5 Å². The van der Waals surface area contributed by atoms with Crippen LogP contribution in [-0.4, -0.2) is 74.8 Å². The van der Waals surface area contributed by atoms with Crippen LogP contribution in [0.4, 0.5) is 5.69 Å². The number of nitro benzene ring substituents is 1. The maximum Gasteiger partial charge on any atom is 0.342 e. The lowest BCUT2D eigenvalue weighted by atomic mass is 10.1. The van der Waals surface area contributed by atoms with Crippen molar-refractivity contribution in [1.29, 1.82) is 0 Å². The van der Waals surface area contributed by atoms with Gasteiger partial charge in [0.05, 0.1) is 27.8 Å². The predicted octanol–water partition coefficient (Wildman–Crippen LogP) is 3.45. The molecule has 1 aromatic heterocycles. The molecule has 0 aliphatic carbocycles. The molecule has 2 aromatic rings. The zero-order valence-electron chi connectivity index (χ0n) is 20.8. The van der Waals surface area contributed by atoms with Crippen LogP contribution in [-0.2, 0) is 4.74 Å². The molecule has 0 radical (unpaired) electrons. The number of esters is 1. The third-order valence-electron chi connectivity index (χ3n) is 5.73. The molecule has 0 spiro atoms. The van der Waals surface area contributed by atoms with Crippen molar-refractivity contribution in [2.75, 3.05) is 26.2 Å². The topological polar surface area (TPSA) is 136 Å². The van der Waals surface area contributed by atoms with Gasteiger partial charge in [0.15, 0.2) is 0 Å². The summed E-state index contributed by atoms with van der Waals surface area (Å²) in [6.07, 6.45) is 0. The maximum absolute atomic E-state index is 13.5. The summed E-state index contributed by atoms with van der Waals surface area (Å²) in [7, 11) is 0. The van der Waals surface area contributed by atoms with E-state index in [0.29, 0.717) is 11.5 Å². The van der Waals surface area contributed by atoms with Crippen LogP contribution in [0, 0.1) is 29.9 Å². The highest BCUT2D eigenvalue weighted by molar-refractivity contribution is 6.34. The largest absolute Gasteiger partial charge is 0.462 e. The molecule has 1 unspecified atom stereocenters. The fraction of sp³-hybridized carbons (Fsp3) is 0.458. The maximum atomic E-state index is 13.5. The summed E-state index contributed by atoms with van der Waals surface area (Å²) in [6, 6.07) is 3.30. The van der Waals surface area contributed by atoms with Crippen LogP contribution in [0.15, 0.2) is 18.2 Å². The number of hydrogen-bond donors (Lipinski definition) is 0. The van der Waals surface area contributed by atoms with Gasteiger partial charge in [-0.3, -0.25) is 19.7 Å². The average molecular weight is 518 g/mol. The van der Waals surface area contributed by atoms with Crippen molar-refractivity contribution in [3.8, 4) is 0 Å². The Kier molecular flexibility index (Phi) is 8.24. The van der Waals surface area contributed by atoms with Gasteiger partial charge >= 0.3 is 5.97 Å². The van der Waals surface area contributed by atoms with Gasteiger partial charge in [0.25, 0.3) is 17.5 Å². The molecule has 1 aromatic carbocycles. The molecule has 192 valence electrons. The molecule has 36 heavy (non-hydrogen) atoms. The minimum absolute atomic E-state index is 0.0172. The van der Waals surface area contributed by atoms with E-state index in [0.717, 1.165) is 6.07 Å². The lowest BCUT2D eigenvalue weighted by molar-refractivity contribution is -0.384. The first kappa shape index (κ1) is 27.0. The van der Waals surface area contributed by atoms with E-state index in [1.165, 1.54) is 17.0 Å². The van der Waals surface area contributed by atoms with E-state index < -0.39 is 16.8 Å². The Morgan fingerprint density at radius 2 is 1.89 bits per heavy atom. The van der Waals surface area contributed by atoms with E-state index in [1.54, 1.807) is 25.7 Å². The molecule has 2 heterocycles. The van der Waals surface area contributed by atoms with Crippen LogP contribution in [0.3, 0.4) is 0 Å². The Bertz CT molecular complexity index is 1220. The molecule has 1 fully saturated rings. The molecule has 1 saturated heterocycles. The summed E-state index contributed by atoms with van der Waals surface area (Å²) in [5, 5.41) is 10.9. The number of aryl methyl sites for hydroxylation is 2. The number of carbonyl (C=O) groups is 3. The number of carbonyl (C=O) groups excluding carboxylic acids is 3. The van der Waals surface area contributed by atoms with Gasteiger partial charge in [-0.25, -0.2) is 14.8 Å². The van der Waals surface area contributed by atoms with Crippen molar-refractivity contribution in [3.05, 3.63) is 61.7 Å². The first-order valence-electron chi connectivity index (χ1n) is 11.5. The Labute approximate surface area is 213 Å². The number of nitrogens with zero attached hydrogens (tertiary/aromatic N) is 5. The molecular formula is C24H28ClN5O6. The fourth-order valence-corrected chi connectivity index (χ4v) is 4.22. The number of rotatable bonds is 6. The molecule has 0 bridgehead atoms. The standard InChI is InChI=1S/C24H28ClN5O6/c1-13(2)12-36-24(33)20-15(4)26-16(5)27-21(20)23(32)28-8-9-29(14(3)11-28)22(31)18-7-6-17(30(34)35)10-19(18)25/h6-7,10,13-14H,8-9,11-12H2,1-5H3. The molecule has 11 nitrogen and oxygen atoms in total. The van der Waals surface area contributed by atoms with Crippen molar-refractivity contribution in [2.45, 2.75) is 40.7 Å². The molecule has 2 amide bonds. The summed E-state index contributed by atoms with van der Waals surface area (Å²) < 4.78 is 5.34. The summed E-state index contributed by atoms with van der Waals surface area (Å²) in [4.78, 5) is 61.3. The van der Waals surface area contributed by atoms with Crippen molar-refractivity contribution in [1.82, 2.24) is 19.8 Å². The number of halogens is 1. The van der Waals surface area contributed by atoms with Gasteiger partial charge < -0.3 is 14.5 Å². The summed E-state index contributed by atoms with van der Waals surface area (Å²) in [5.41, 5.74) is 0.299.